The Balaban J connectivity index is 0.000000454. The van der Waals surface area contributed by atoms with Crippen molar-refractivity contribution in [3.8, 4) is 0 Å². The van der Waals surface area contributed by atoms with E-state index >= 15 is 0 Å². The molecule has 0 unspecified atom stereocenters. The fourth-order valence-electron chi connectivity index (χ4n) is 4.05. The van der Waals surface area contributed by atoms with E-state index in [0.29, 0.717) is 0 Å². The molecule has 8 heteroatoms. The van der Waals surface area contributed by atoms with Gasteiger partial charge >= 0.3 is 33.0 Å². The third-order valence-electron chi connectivity index (χ3n) is 5.45. The Bertz CT molecular complexity index is 1150. The van der Waals surface area contributed by atoms with E-state index < -0.39 is 15.1 Å². The Kier molecular flexibility index (Phi) is 7.83. The van der Waals surface area contributed by atoms with Crippen molar-refractivity contribution in [3.63, 3.8) is 0 Å². The molecule has 0 fully saturated rings. The molecule has 0 bridgehead atoms. The number of hydrogen-bond donors (Lipinski definition) is 0. The van der Waals surface area contributed by atoms with Crippen LogP contribution in [0.5, 0.6) is 0 Å². The van der Waals surface area contributed by atoms with Gasteiger partial charge in [0.2, 0.25) is 0 Å². The van der Waals surface area contributed by atoms with E-state index in [9.17, 15) is 25.2 Å². The van der Waals surface area contributed by atoms with Crippen LogP contribution in [0.1, 0.15) is 12.0 Å². The quantitative estimate of drug-likeness (QED) is 0.162. The third-order valence-corrected chi connectivity index (χ3v) is 9.84. The molecule has 36 heavy (non-hydrogen) atoms. The van der Waals surface area contributed by atoms with Gasteiger partial charge in [0, 0.05) is 6.42 Å². The number of rotatable bonds is 7. The minimum atomic E-state index is -10.7. The van der Waals surface area contributed by atoms with E-state index in [1.165, 1.54) is 26.8 Å². The van der Waals surface area contributed by atoms with Gasteiger partial charge in [-0.15, -0.1) is 0 Å². The van der Waals surface area contributed by atoms with E-state index in [1.807, 2.05) is 0 Å². The summed E-state index contributed by atoms with van der Waals surface area (Å²) < 4.78 is 59.2. The molecule has 0 N–H and O–H groups in total. The second-order valence-corrected chi connectivity index (χ2v) is 13.6. The molecule has 0 aliphatic rings. The van der Waals surface area contributed by atoms with Crippen LogP contribution >= 0.6 is 15.1 Å². The molecule has 0 aliphatic heterocycles. The molecule has 4 rings (SSSR count). The van der Waals surface area contributed by atoms with Gasteiger partial charge in [0.25, 0.3) is 0 Å². The molecule has 4 aromatic carbocycles. The standard InChI is InChI=1S/C28H26P.F6P/c1-24(22-23-25-14-6-2-7-15-25)29(26-16-8-3-9-17-26,27-18-10-4-11-19-27)28-20-12-5-13-21-28;1-7(2,3,4,5)6/h2-21H,1,22-23H2;/q+1;-1. The van der Waals surface area contributed by atoms with Crippen LogP contribution in [0, 0.1) is 0 Å². The average Bonchev–Trinajstić information content (AvgIpc) is 2.84. The first kappa shape index (κ1) is 27.6. The molecule has 0 nitrogen and oxygen atoms in total. The summed E-state index contributed by atoms with van der Waals surface area (Å²) in [4.78, 5) is 0. The predicted molar refractivity (Wildman–Crippen MR) is 143 cm³/mol. The van der Waals surface area contributed by atoms with Crippen molar-refractivity contribution < 1.29 is 25.2 Å². The van der Waals surface area contributed by atoms with Gasteiger partial charge in [-0.05, 0) is 48.4 Å². The second kappa shape index (κ2) is 10.2. The van der Waals surface area contributed by atoms with Crippen molar-refractivity contribution >= 4 is 31.0 Å². The Hall–Kier alpha value is -2.94. The zero-order chi connectivity index (χ0) is 26.4. The van der Waals surface area contributed by atoms with Crippen LogP contribution in [0.15, 0.2) is 133 Å². The van der Waals surface area contributed by atoms with E-state index in [-0.39, 0.29) is 0 Å². The zero-order valence-corrected chi connectivity index (χ0v) is 21.1. The monoisotopic (exact) mass is 538 g/mol. The summed E-state index contributed by atoms with van der Waals surface area (Å²) >= 11 is 0. The summed E-state index contributed by atoms with van der Waals surface area (Å²) in [6, 6.07) is 43.6. The van der Waals surface area contributed by atoms with Crippen molar-refractivity contribution in [3.05, 3.63) is 139 Å². The summed E-state index contributed by atoms with van der Waals surface area (Å²) in [5.41, 5.74) is 1.36. The zero-order valence-electron chi connectivity index (χ0n) is 19.3. The molecule has 0 atom stereocenters. The Morgan fingerprint density at radius 3 is 1.11 bits per heavy atom. The first-order valence-electron chi connectivity index (χ1n) is 11.1. The van der Waals surface area contributed by atoms with E-state index in [1.54, 1.807) is 0 Å². The molecule has 0 aromatic heterocycles. The molecule has 0 amide bonds. The van der Waals surface area contributed by atoms with Gasteiger partial charge in [0.1, 0.15) is 23.2 Å². The fraction of sp³-hybridized carbons (Fsp3) is 0.0714. The fourth-order valence-corrected chi connectivity index (χ4v) is 8.35. The van der Waals surface area contributed by atoms with E-state index in [2.05, 4.69) is 121 Å². The van der Waals surface area contributed by atoms with Crippen LogP contribution in [-0.4, -0.2) is 0 Å². The van der Waals surface area contributed by atoms with Crippen molar-refractivity contribution in [2.24, 2.45) is 0 Å². The van der Waals surface area contributed by atoms with Crippen LogP contribution in [0.25, 0.3) is 0 Å². The average molecular weight is 538 g/mol. The van der Waals surface area contributed by atoms with Crippen LogP contribution in [-0.2, 0) is 6.42 Å². The first-order chi connectivity index (χ1) is 16.8. The molecular weight excluding hydrogens is 512 g/mol. The number of hydrogen-bond acceptors (Lipinski definition) is 0. The SMILES string of the molecule is C=C(CCc1ccccc1)[P+](c1ccccc1)(c1ccccc1)c1ccccc1.F[P-](F)(F)(F)(F)F. The van der Waals surface area contributed by atoms with Gasteiger partial charge in [-0.2, -0.15) is 0 Å². The molecule has 0 saturated carbocycles. The van der Waals surface area contributed by atoms with Crippen molar-refractivity contribution in [1.29, 1.82) is 0 Å². The summed E-state index contributed by atoms with van der Waals surface area (Å²) in [6.07, 6.45) is 1.98. The Morgan fingerprint density at radius 1 is 0.528 bits per heavy atom. The Labute approximate surface area is 207 Å². The Morgan fingerprint density at radius 2 is 0.806 bits per heavy atom. The van der Waals surface area contributed by atoms with Crippen LogP contribution < -0.4 is 15.9 Å². The molecule has 0 aliphatic carbocycles. The van der Waals surface area contributed by atoms with Gasteiger partial charge in [0.15, 0.2) is 0 Å². The maximum absolute atomic E-state index is 10.7. The van der Waals surface area contributed by atoms with Crippen LogP contribution in [0.2, 0.25) is 0 Å². The van der Waals surface area contributed by atoms with Crippen molar-refractivity contribution in [2.45, 2.75) is 12.8 Å². The van der Waals surface area contributed by atoms with E-state index in [0.717, 1.165) is 12.8 Å². The summed E-state index contributed by atoms with van der Waals surface area (Å²) in [7, 11) is -12.6. The topological polar surface area (TPSA) is 0 Å². The van der Waals surface area contributed by atoms with Gasteiger partial charge < -0.3 is 0 Å². The predicted octanol–water partition coefficient (Wildman–Crippen LogP) is 9.51. The van der Waals surface area contributed by atoms with E-state index in [4.69, 9.17) is 6.58 Å². The molecule has 0 heterocycles. The normalized spacial score (nSPS) is 13.5. The van der Waals surface area contributed by atoms with Crippen LogP contribution in [0.3, 0.4) is 0 Å². The molecule has 4 aromatic rings. The molecule has 0 radical (unpaired) electrons. The number of aryl methyl sites for hydroxylation is 1. The van der Waals surface area contributed by atoms with Gasteiger partial charge in [0.05, 0.1) is 5.31 Å². The van der Waals surface area contributed by atoms with Crippen LogP contribution in [0.4, 0.5) is 25.2 Å². The third kappa shape index (κ3) is 8.33. The molecule has 190 valence electrons. The summed E-state index contributed by atoms with van der Waals surface area (Å²) in [5, 5.41) is 5.44. The second-order valence-electron chi connectivity index (χ2n) is 8.19. The van der Waals surface area contributed by atoms with Gasteiger partial charge in [-0.25, -0.2) is 0 Å². The number of allylic oxidation sites excluding steroid dienone is 1. The first-order valence-corrected chi connectivity index (χ1v) is 14.9. The molecular formula is C28H26F6P2. The molecule has 0 spiro atoms. The van der Waals surface area contributed by atoms with Crippen molar-refractivity contribution in [2.75, 3.05) is 0 Å². The van der Waals surface area contributed by atoms with Crippen molar-refractivity contribution in [1.82, 2.24) is 0 Å². The summed E-state index contributed by atoms with van der Waals surface area (Å²) in [5.74, 6) is 0. The summed E-state index contributed by atoms with van der Waals surface area (Å²) in [6.45, 7) is 4.72. The van der Waals surface area contributed by atoms with Gasteiger partial charge in [-0.3, -0.25) is 0 Å². The maximum atomic E-state index is 9.87. The minimum absolute atomic E-state index is 0.969. The molecule has 0 saturated heterocycles. The number of halogens is 6. The number of benzene rings is 4. The van der Waals surface area contributed by atoms with Gasteiger partial charge in [-0.1, -0.05) is 91.5 Å².